The third kappa shape index (κ3) is 3.94. The van der Waals surface area contributed by atoms with Gasteiger partial charge >= 0.3 is 0 Å². The Balaban J connectivity index is 1.75. The minimum absolute atomic E-state index is 0.0225. The summed E-state index contributed by atoms with van der Waals surface area (Å²) in [5.74, 6) is 0. The molecular formula is C21H17ClN2O2S2. The summed E-state index contributed by atoms with van der Waals surface area (Å²) in [6.07, 6.45) is 0. The molecular weight excluding hydrogens is 412 g/mol. The fourth-order valence-electron chi connectivity index (χ4n) is 2.92. The Morgan fingerprint density at radius 3 is 2.14 bits per heavy atom. The van der Waals surface area contributed by atoms with E-state index in [1.807, 2.05) is 60.7 Å². The van der Waals surface area contributed by atoms with E-state index in [2.05, 4.69) is 4.99 Å². The zero-order valence-corrected chi connectivity index (χ0v) is 17.2. The highest BCUT2D eigenvalue weighted by Crippen LogP contribution is 2.41. The van der Waals surface area contributed by atoms with Gasteiger partial charge in [-0.2, -0.15) is 0 Å². The Morgan fingerprint density at radius 1 is 0.893 bits per heavy atom. The summed E-state index contributed by atoms with van der Waals surface area (Å²) in [4.78, 5) is 4.83. The first-order chi connectivity index (χ1) is 13.5. The van der Waals surface area contributed by atoms with Gasteiger partial charge in [0.2, 0.25) is 0 Å². The normalized spacial score (nSPS) is 18.5. The van der Waals surface area contributed by atoms with E-state index in [1.165, 1.54) is 28.2 Å². The van der Waals surface area contributed by atoms with Gasteiger partial charge in [0.05, 0.1) is 22.4 Å². The molecule has 1 atom stereocenters. The number of amidine groups is 1. The molecule has 142 valence electrons. The lowest BCUT2D eigenvalue weighted by atomic mass is 10.1. The predicted octanol–water partition coefficient (Wildman–Crippen LogP) is 5.51. The van der Waals surface area contributed by atoms with Crippen molar-refractivity contribution in [3.8, 4) is 0 Å². The van der Waals surface area contributed by atoms with Crippen molar-refractivity contribution in [3.05, 3.63) is 95.5 Å². The molecule has 0 N–H and O–H groups in total. The second-order valence-corrected chi connectivity index (χ2v) is 9.71. The van der Waals surface area contributed by atoms with E-state index in [-0.39, 0.29) is 10.1 Å². The molecule has 4 rings (SSSR count). The SMILES string of the molecule is O=S(=O)(c1ccc(Cl)cc1)N1CC(c2ccccc2)SC1=Nc1ccccc1. The van der Waals surface area contributed by atoms with Crippen LogP contribution in [0.1, 0.15) is 10.8 Å². The van der Waals surface area contributed by atoms with E-state index in [4.69, 9.17) is 11.6 Å². The summed E-state index contributed by atoms with van der Waals surface area (Å²) in [5.41, 5.74) is 1.79. The van der Waals surface area contributed by atoms with Gasteiger partial charge in [0.1, 0.15) is 0 Å². The largest absolute Gasteiger partial charge is 0.265 e. The third-order valence-electron chi connectivity index (χ3n) is 4.35. The van der Waals surface area contributed by atoms with E-state index in [9.17, 15) is 8.42 Å². The van der Waals surface area contributed by atoms with Crippen molar-refractivity contribution in [1.29, 1.82) is 0 Å². The third-order valence-corrected chi connectivity index (χ3v) is 7.71. The van der Waals surface area contributed by atoms with E-state index in [0.29, 0.717) is 16.7 Å². The van der Waals surface area contributed by atoms with E-state index < -0.39 is 10.0 Å². The van der Waals surface area contributed by atoms with Crippen LogP contribution in [0, 0.1) is 0 Å². The van der Waals surface area contributed by atoms with Crippen molar-refractivity contribution in [2.24, 2.45) is 4.99 Å². The molecule has 0 bridgehead atoms. The van der Waals surface area contributed by atoms with E-state index in [1.54, 1.807) is 12.1 Å². The molecule has 0 spiro atoms. The van der Waals surface area contributed by atoms with Gasteiger partial charge in [-0.05, 0) is 42.0 Å². The van der Waals surface area contributed by atoms with Crippen LogP contribution in [0.3, 0.4) is 0 Å². The van der Waals surface area contributed by atoms with Crippen LogP contribution in [0.2, 0.25) is 5.02 Å². The fourth-order valence-corrected chi connectivity index (χ4v) is 6.01. The number of thioether (sulfide) groups is 1. The first-order valence-electron chi connectivity index (χ1n) is 8.68. The minimum atomic E-state index is -3.74. The van der Waals surface area contributed by atoms with Gasteiger partial charge in [-0.1, -0.05) is 71.9 Å². The number of aliphatic imine (C=N–C) groups is 1. The highest BCUT2D eigenvalue weighted by atomic mass is 35.5. The Bertz CT molecular complexity index is 1090. The molecule has 1 saturated heterocycles. The number of hydrogen-bond acceptors (Lipinski definition) is 4. The van der Waals surface area contributed by atoms with Crippen LogP contribution >= 0.6 is 23.4 Å². The van der Waals surface area contributed by atoms with Crippen LogP contribution < -0.4 is 0 Å². The number of halogens is 1. The second kappa shape index (κ2) is 7.99. The first kappa shape index (κ1) is 19.1. The van der Waals surface area contributed by atoms with Gasteiger partial charge in [0, 0.05) is 5.02 Å². The van der Waals surface area contributed by atoms with E-state index in [0.717, 1.165) is 11.3 Å². The number of benzene rings is 3. The topological polar surface area (TPSA) is 49.7 Å². The smallest absolute Gasteiger partial charge is 0.243 e. The van der Waals surface area contributed by atoms with Gasteiger partial charge in [-0.25, -0.2) is 17.7 Å². The van der Waals surface area contributed by atoms with Gasteiger partial charge in [-0.3, -0.25) is 0 Å². The number of para-hydroxylation sites is 1. The maximum Gasteiger partial charge on any atom is 0.265 e. The van der Waals surface area contributed by atoms with Gasteiger partial charge in [0.25, 0.3) is 10.0 Å². The molecule has 1 unspecified atom stereocenters. The monoisotopic (exact) mass is 428 g/mol. The molecule has 3 aromatic carbocycles. The lowest BCUT2D eigenvalue weighted by molar-refractivity contribution is 0.529. The van der Waals surface area contributed by atoms with Crippen molar-refractivity contribution in [2.75, 3.05) is 6.54 Å². The molecule has 1 heterocycles. The standard InChI is InChI=1S/C21H17ClN2O2S2/c22-17-11-13-19(14-12-17)28(25,26)24-15-20(16-7-3-1-4-8-16)27-21(24)23-18-9-5-2-6-10-18/h1-14,20H,15H2. The number of nitrogens with zero attached hydrogens (tertiary/aromatic N) is 2. The van der Waals surface area contributed by atoms with Crippen LogP contribution in [-0.2, 0) is 10.0 Å². The first-order valence-corrected chi connectivity index (χ1v) is 11.4. The van der Waals surface area contributed by atoms with Crippen molar-refractivity contribution >= 4 is 44.2 Å². The fraction of sp³-hybridized carbons (Fsp3) is 0.0952. The van der Waals surface area contributed by atoms with Crippen LogP contribution in [0.15, 0.2) is 94.8 Å². The highest BCUT2D eigenvalue weighted by Gasteiger charge is 2.38. The average Bonchev–Trinajstić information content (AvgIpc) is 3.14. The molecule has 3 aromatic rings. The molecule has 1 fully saturated rings. The van der Waals surface area contributed by atoms with Crippen molar-refractivity contribution in [1.82, 2.24) is 4.31 Å². The van der Waals surface area contributed by atoms with Gasteiger partial charge in [0.15, 0.2) is 5.17 Å². The minimum Gasteiger partial charge on any atom is -0.243 e. The molecule has 1 aliphatic heterocycles. The van der Waals surface area contributed by atoms with Crippen LogP contribution in [0.25, 0.3) is 0 Å². The quantitative estimate of drug-likeness (QED) is 0.550. The maximum absolute atomic E-state index is 13.3. The summed E-state index contributed by atoms with van der Waals surface area (Å²) >= 11 is 7.39. The molecule has 4 nitrogen and oxygen atoms in total. The predicted molar refractivity (Wildman–Crippen MR) is 116 cm³/mol. The molecule has 0 aromatic heterocycles. The molecule has 0 aliphatic carbocycles. The maximum atomic E-state index is 13.3. The van der Waals surface area contributed by atoms with Crippen molar-refractivity contribution < 1.29 is 8.42 Å². The lowest BCUT2D eigenvalue weighted by Gasteiger charge is -2.18. The van der Waals surface area contributed by atoms with Crippen LogP contribution in [-0.4, -0.2) is 24.4 Å². The Kier molecular flexibility index (Phi) is 5.44. The summed E-state index contributed by atoms with van der Waals surface area (Å²) in [5, 5.41) is 0.941. The second-order valence-electron chi connectivity index (χ2n) is 6.24. The van der Waals surface area contributed by atoms with E-state index >= 15 is 0 Å². The molecule has 0 saturated carbocycles. The molecule has 0 amide bonds. The summed E-state index contributed by atoms with van der Waals surface area (Å²) in [6.45, 7) is 0.325. The number of sulfonamides is 1. The van der Waals surface area contributed by atoms with Crippen LogP contribution in [0.5, 0.6) is 0 Å². The van der Waals surface area contributed by atoms with Crippen molar-refractivity contribution in [2.45, 2.75) is 10.1 Å². The molecule has 1 aliphatic rings. The number of hydrogen-bond donors (Lipinski definition) is 0. The molecule has 7 heteroatoms. The van der Waals surface area contributed by atoms with Gasteiger partial charge in [-0.15, -0.1) is 0 Å². The summed E-state index contributed by atoms with van der Waals surface area (Å²) in [6, 6.07) is 25.5. The average molecular weight is 429 g/mol. The zero-order chi connectivity index (χ0) is 19.6. The van der Waals surface area contributed by atoms with Gasteiger partial charge < -0.3 is 0 Å². The Hall–Kier alpha value is -2.28. The molecule has 28 heavy (non-hydrogen) atoms. The zero-order valence-electron chi connectivity index (χ0n) is 14.8. The highest BCUT2D eigenvalue weighted by molar-refractivity contribution is 8.15. The van der Waals surface area contributed by atoms with Crippen molar-refractivity contribution in [3.63, 3.8) is 0 Å². The Morgan fingerprint density at radius 2 is 1.50 bits per heavy atom. The molecule has 0 radical (unpaired) electrons. The summed E-state index contributed by atoms with van der Waals surface area (Å²) < 4.78 is 28.0. The Labute approximate surface area is 173 Å². The summed E-state index contributed by atoms with van der Waals surface area (Å²) in [7, 11) is -3.74. The number of rotatable bonds is 4. The van der Waals surface area contributed by atoms with Crippen LogP contribution in [0.4, 0.5) is 5.69 Å². The lowest BCUT2D eigenvalue weighted by Crippen LogP contribution is -2.32.